The topological polar surface area (TPSA) is 110 Å². The molecule has 0 aliphatic rings. The summed E-state index contributed by atoms with van der Waals surface area (Å²) in [6.45, 7) is 0. The van der Waals surface area contributed by atoms with E-state index in [0.29, 0.717) is 6.07 Å². The van der Waals surface area contributed by atoms with Gasteiger partial charge in [0.15, 0.2) is 0 Å². The molecule has 0 aliphatic heterocycles. The first kappa shape index (κ1) is 24.8. The van der Waals surface area contributed by atoms with Gasteiger partial charge in [0.2, 0.25) is 9.84 Å². The van der Waals surface area contributed by atoms with Crippen LogP contribution in [0.1, 0.15) is 11.1 Å². The minimum Gasteiger partial charge on any atom is -0.457 e. The van der Waals surface area contributed by atoms with Crippen molar-refractivity contribution < 1.29 is 31.2 Å². The molecule has 0 heterocycles. The quantitative estimate of drug-likeness (QED) is 0.216. The lowest BCUT2D eigenvalue weighted by atomic mass is 10.1. The number of hydrogen-bond donors (Lipinski definition) is 0. The van der Waals surface area contributed by atoms with Gasteiger partial charge in [-0.3, -0.25) is 10.1 Å². The smallest absolute Gasteiger partial charge is 0.416 e. The molecule has 3 aromatic carbocycles. The summed E-state index contributed by atoms with van der Waals surface area (Å²) in [5, 5.41) is 21.0. The van der Waals surface area contributed by atoms with Crippen molar-refractivity contribution in [3.8, 4) is 17.6 Å². The predicted molar refractivity (Wildman–Crippen MR) is 117 cm³/mol. The van der Waals surface area contributed by atoms with Gasteiger partial charge < -0.3 is 4.74 Å². The number of halogens is 4. The van der Waals surface area contributed by atoms with Gasteiger partial charge in [-0.1, -0.05) is 17.7 Å². The molecule has 0 spiro atoms. The van der Waals surface area contributed by atoms with E-state index in [0.717, 1.165) is 36.4 Å². The molecule has 0 radical (unpaired) electrons. The molecule has 0 saturated heterocycles. The molecule has 3 aromatic rings. The molecule has 0 atom stereocenters. The number of nitro groups is 1. The van der Waals surface area contributed by atoms with Crippen LogP contribution in [0.5, 0.6) is 11.5 Å². The Labute approximate surface area is 196 Å². The summed E-state index contributed by atoms with van der Waals surface area (Å²) in [4.78, 5) is 9.42. The highest BCUT2D eigenvalue weighted by molar-refractivity contribution is 7.95. The van der Waals surface area contributed by atoms with Crippen LogP contribution in [0.4, 0.5) is 18.9 Å². The number of rotatable bonds is 6. The highest BCUT2D eigenvalue weighted by Gasteiger charge is 2.30. The average molecular weight is 509 g/mol. The van der Waals surface area contributed by atoms with E-state index in [1.54, 1.807) is 0 Å². The lowest BCUT2D eigenvalue weighted by molar-refractivity contribution is -0.384. The van der Waals surface area contributed by atoms with Crippen LogP contribution in [0.2, 0.25) is 5.02 Å². The number of nitro benzene ring substituents is 1. The lowest BCUT2D eigenvalue weighted by Crippen LogP contribution is -2.05. The zero-order valence-corrected chi connectivity index (χ0v) is 18.4. The summed E-state index contributed by atoms with van der Waals surface area (Å²) in [5.74, 6) is -0.457. The maximum absolute atomic E-state index is 13.0. The van der Waals surface area contributed by atoms with Crippen LogP contribution < -0.4 is 4.74 Å². The van der Waals surface area contributed by atoms with E-state index in [9.17, 15) is 37.0 Å². The molecular formula is C22H12ClF3N2O5S. The van der Waals surface area contributed by atoms with Crippen molar-refractivity contribution in [3.63, 3.8) is 0 Å². The minimum absolute atomic E-state index is 0.205. The lowest BCUT2D eigenvalue weighted by Gasteiger charge is -2.12. The fourth-order valence-electron chi connectivity index (χ4n) is 2.77. The van der Waals surface area contributed by atoms with E-state index >= 15 is 0 Å². The van der Waals surface area contributed by atoms with Gasteiger partial charge in [-0.05, 0) is 54.6 Å². The van der Waals surface area contributed by atoms with Crippen LogP contribution in [0, 0.1) is 21.4 Å². The van der Waals surface area contributed by atoms with Crippen LogP contribution in [0.3, 0.4) is 0 Å². The van der Waals surface area contributed by atoms with Gasteiger partial charge in [-0.25, -0.2) is 8.42 Å². The van der Waals surface area contributed by atoms with Crippen molar-refractivity contribution in [1.29, 1.82) is 5.26 Å². The van der Waals surface area contributed by atoms with E-state index in [1.165, 1.54) is 36.4 Å². The van der Waals surface area contributed by atoms with Gasteiger partial charge in [-0.2, -0.15) is 18.4 Å². The molecule has 0 amide bonds. The number of non-ortho nitro benzene ring substituents is 1. The van der Waals surface area contributed by atoms with Gasteiger partial charge in [0, 0.05) is 22.7 Å². The van der Waals surface area contributed by atoms with Crippen LogP contribution in [-0.2, 0) is 16.0 Å². The van der Waals surface area contributed by atoms with Crippen molar-refractivity contribution >= 4 is 33.2 Å². The Kier molecular flexibility index (Phi) is 6.95. The minimum atomic E-state index is -4.64. The fourth-order valence-corrected chi connectivity index (χ4v) is 4.05. The SMILES string of the molecule is N#CC(=Cc1cc([N+](=O)[O-])ccc1Oc1cccc(C(F)(F)F)c1)S(=O)(=O)c1ccc(Cl)cc1. The van der Waals surface area contributed by atoms with Gasteiger partial charge in [0.25, 0.3) is 5.69 Å². The maximum Gasteiger partial charge on any atom is 0.416 e. The number of sulfone groups is 1. The first-order valence-electron chi connectivity index (χ1n) is 9.18. The highest BCUT2D eigenvalue weighted by Crippen LogP contribution is 2.35. The second kappa shape index (κ2) is 9.54. The Morgan fingerprint density at radius 1 is 1.09 bits per heavy atom. The summed E-state index contributed by atoms with van der Waals surface area (Å²) in [6, 6.07) is 13.4. The van der Waals surface area contributed by atoms with Crippen molar-refractivity contribution in [3.05, 3.63) is 97.9 Å². The van der Waals surface area contributed by atoms with Gasteiger partial charge in [0.1, 0.15) is 22.5 Å². The largest absolute Gasteiger partial charge is 0.457 e. The van der Waals surface area contributed by atoms with Crippen LogP contribution in [-0.4, -0.2) is 13.3 Å². The van der Waals surface area contributed by atoms with Crippen molar-refractivity contribution in [2.24, 2.45) is 0 Å². The maximum atomic E-state index is 13.0. The van der Waals surface area contributed by atoms with Crippen LogP contribution >= 0.6 is 11.6 Å². The molecule has 0 unspecified atom stereocenters. The van der Waals surface area contributed by atoms with Gasteiger partial charge in [-0.15, -0.1) is 0 Å². The summed E-state index contributed by atoms with van der Waals surface area (Å²) >= 11 is 5.76. The standard InChI is InChI=1S/C22H12ClF3N2O5S/c23-16-4-7-19(8-5-16)34(31,32)20(13-27)11-14-10-17(28(29)30)6-9-21(14)33-18-3-1-2-15(12-18)22(24,25)26/h1-12H. The molecular weight excluding hydrogens is 497 g/mol. The summed E-state index contributed by atoms with van der Waals surface area (Å²) in [5.41, 5.74) is -1.66. The Morgan fingerprint density at radius 3 is 2.35 bits per heavy atom. The normalized spacial score (nSPS) is 12.1. The molecule has 7 nitrogen and oxygen atoms in total. The van der Waals surface area contributed by atoms with E-state index in [1.807, 2.05) is 0 Å². The third-order valence-electron chi connectivity index (χ3n) is 4.40. The van der Waals surface area contributed by atoms with E-state index in [2.05, 4.69) is 0 Å². The molecule has 0 aliphatic carbocycles. The molecule has 12 heteroatoms. The molecule has 174 valence electrons. The number of ether oxygens (including phenoxy) is 1. The Bertz CT molecular complexity index is 1430. The number of hydrogen-bond acceptors (Lipinski definition) is 6. The number of nitrogens with zero attached hydrogens (tertiary/aromatic N) is 2. The van der Waals surface area contributed by atoms with Crippen LogP contribution in [0.15, 0.2) is 76.5 Å². The number of alkyl halides is 3. The third-order valence-corrected chi connectivity index (χ3v) is 6.34. The second-order valence-electron chi connectivity index (χ2n) is 6.68. The first-order valence-corrected chi connectivity index (χ1v) is 11.0. The first-order chi connectivity index (χ1) is 15.9. The predicted octanol–water partition coefficient (Wildman–Crippen LogP) is 6.40. The molecule has 3 rings (SSSR count). The Hall–Kier alpha value is -3.88. The summed E-state index contributed by atoms with van der Waals surface area (Å²) in [7, 11) is -4.35. The monoisotopic (exact) mass is 508 g/mol. The van der Waals surface area contributed by atoms with Crippen molar-refractivity contribution in [2.45, 2.75) is 11.1 Å². The molecule has 0 saturated carbocycles. The van der Waals surface area contributed by atoms with Gasteiger partial charge in [0.05, 0.1) is 15.4 Å². The molecule has 34 heavy (non-hydrogen) atoms. The zero-order valence-electron chi connectivity index (χ0n) is 16.8. The van der Waals surface area contributed by atoms with Crippen molar-refractivity contribution in [1.82, 2.24) is 0 Å². The van der Waals surface area contributed by atoms with E-state index < -0.39 is 37.1 Å². The number of allylic oxidation sites excluding steroid dienone is 1. The van der Waals surface area contributed by atoms with Gasteiger partial charge >= 0.3 is 6.18 Å². The average Bonchev–Trinajstić information content (AvgIpc) is 2.78. The molecule has 0 aromatic heterocycles. The number of nitriles is 1. The third kappa shape index (κ3) is 5.54. The van der Waals surface area contributed by atoms with Crippen LogP contribution in [0.25, 0.3) is 6.08 Å². The molecule has 0 fully saturated rings. The molecule has 0 N–H and O–H groups in total. The summed E-state index contributed by atoms with van der Waals surface area (Å²) in [6.07, 6.45) is -3.79. The highest BCUT2D eigenvalue weighted by atomic mass is 35.5. The zero-order chi connectivity index (χ0) is 25.1. The van der Waals surface area contributed by atoms with E-state index in [4.69, 9.17) is 16.3 Å². The second-order valence-corrected chi connectivity index (χ2v) is 9.04. The Morgan fingerprint density at radius 2 is 1.76 bits per heavy atom. The Balaban J connectivity index is 2.12. The van der Waals surface area contributed by atoms with E-state index in [-0.39, 0.29) is 27.0 Å². The fraction of sp³-hybridized carbons (Fsp3) is 0.0455. The molecule has 0 bridgehead atoms. The summed E-state index contributed by atoms with van der Waals surface area (Å²) < 4.78 is 70.3. The number of benzene rings is 3. The van der Waals surface area contributed by atoms with Crippen molar-refractivity contribution in [2.75, 3.05) is 0 Å².